The number of amides is 1. The molecule has 0 aliphatic rings. The molecule has 0 fully saturated rings. The fraction of sp³-hybridized carbons (Fsp3) is 0.333. The maximum Gasteiger partial charge on any atom is 0.260 e. The summed E-state index contributed by atoms with van der Waals surface area (Å²) in [5.74, 6) is -0.00191. The van der Waals surface area contributed by atoms with E-state index in [0.717, 1.165) is 26.8 Å². The molecular weight excluding hydrogens is 374 g/mol. The molecule has 4 nitrogen and oxygen atoms in total. The molecule has 0 N–H and O–H groups in total. The van der Waals surface area contributed by atoms with Gasteiger partial charge >= 0.3 is 0 Å². The van der Waals surface area contributed by atoms with Gasteiger partial charge in [-0.2, -0.15) is 0 Å². The van der Waals surface area contributed by atoms with Crippen LogP contribution in [-0.4, -0.2) is 49.2 Å². The van der Waals surface area contributed by atoms with Crippen molar-refractivity contribution in [3.05, 3.63) is 53.1 Å². The van der Waals surface area contributed by atoms with Crippen LogP contribution in [0.3, 0.4) is 0 Å². The Bertz CT molecular complexity index is 948. The lowest BCUT2D eigenvalue weighted by Crippen LogP contribution is -2.36. The van der Waals surface area contributed by atoms with Crippen molar-refractivity contribution in [3.8, 4) is 0 Å². The van der Waals surface area contributed by atoms with Crippen molar-refractivity contribution < 1.29 is 4.79 Å². The molecule has 0 spiro atoms. The lowest BCUT2D eigenvalue weighted by Gasteiger charge is -2.22. The standard InChI is InChI=1S/C21H25N3OS2/c1-14-6-11-18-19(15(14)2)22-21(27-18)24(13-12-23(3)4)20(25)16-7-9-17(26-5)10-8-16/h6-11H,12-13H2,1-5H3. The Morgan fingerprint density at radius 3 is 2.41 bits per heavy atom. The number of likely N-dealkylation sites (N-methyl/N-ethyl adjacent to an activating group) is 1. The second kappa shape index (κ2) is 8.42. The van der Waals surface area contributed by atoms with E-state index in [9.17, 15) is 4.79 Å². The molecule has 0 atom stereocenters. The van der Waals surface area contributed by atoms with Gasteiger partial charge in [-0.3, -0.25) is 9.69 Å². The maximum atomic E-state index is 13.3. The van der Waals surface area contributed by atoms with Crippen LogP contribution in [0, 0.1) is 13.8 Å². The zero-order valence-corrected chi connectivity index (χ0v) is 18.1. The molecule has 1 amide bonds. The van der Waals surface area contributed by atoms with E-state index in [4.69, 9.17) is 4.98 Å². The van der Waals surface area contributed by atoms with Crippen molar-refractivity contribution in [2.24, 2.45) is 0 Å². The topological polar surface area (TPSA) is 36.4 Å². The number of hydrogen-bond donors (Lipinski definition) is 0. The number of thiazole rings is 1. The molecule has 142 valence electrons. The highest BCUT2D eigenvalue weighted by Crippen LogP contribution is 2.32. The van der Waals surface area contributed by atoms with E-state index in [0.29, 0.717) is 12.1 Å². The van der Waals surface area contributed by atoms with Gasteiger partial charge in [0.25, 0.3) is 5.91 Å². The smallest absolute Gasteiger partial charge is 0.260 e. The monoisotopic (exact) mass is 399 g/mol. The van der Waals surface area contributed by atoms with Gasteiger partial charge in [0, 0.05) is 23.5 Å². The quantitative estimate of drug-likeness (QED) is 0.556. The van der Waals surface area contributed by atoms with Crippen LogP contribution < -0.4 is 4.90 Å². The van der Waals surface area contributed by atoms with Crippen LogP contribution >= 0.6 is 23.1 Å². The molecule has 0 saturated heterocycles. The minimum Gasteiger partial charge on any atom is -0.308 e. The predicted octanol–water partition coefficient (Wildman–Crippen LogP) is 4.84. The van der Waals surface area contributed by atoms with Crippen molar-refractivity contribution in [2.75, 3.05) is 38.3 Å². The normalized spacial score (nSPS) is 11.3. The molecule has 0 aliphatic heterocycles. The van der Waals surface area contributed by atoms with E-state index >= 15 is 0 Å². The van der Waals surface area contributed by atoms with Gasteiger partial charge in [0.2, 0.25) is 0 Å². The first kappa shape index (κ1) is 19.9. The van der Waals surface area contributed by atoms with Crippen LogP contribution in [0.5, 0.6) is 0 Å². The molecule has 0 bridgehead atoms. The second-order valence-corrected chi connectivity index (χ2v) is 8.73. The average molecular weight is 400 g/mol. The molecule has 3 aromatic rings. The molecule has 1 heterocycles. The summed E-state index contributed by atoms with van der Waals surface area (Å²) in [7, 11) is 4.03. The van der Waals surface area contributed by atoms with E-state index in [-0.39, 0.29) is 5.91 Å². The lowest BCUT2D eigenvalue weighted by atomic mass is 10.1. The molecular formula is C21H25N3OS2. The Labute approximate surface area is 169 Å². The van der Waals surface area contributed by atoms with Gasteiger partial charge in [0.05, 0.1) is 10.2 Å². The van der Waals surface area contributed by atoms with E-state index in [1.165, 1.54) is 11.1 Å². The summed E-state index contributed by atoms with van der Waals surface area (Å²) in [5.41, 5.74) is 4.09. The fourth-order valence-electron chi connectivity index (χ4n) is 2.80. The maximum absolute atomic E-state index is 13.3. The minimum absolute atomic E-state index is 0.00191. The predicted molar refractivity (Wildman–Crippen MR) is 118 cm³/mol. The molecule has 0 unspecified atom stereocenters. The highest BCUT2D eigenvalue weighted by atomic mass is 32.2. The minimum atomic E-state index is -0.00191. The Morgan fingerprint density at radius 1 is 1.07 bits per heavy atom. The third-order valence-electron chi connectivity index (χ3n) is 4.66. The molecule has 0 radical (unpaired) electrons. The SMILES string of the molecule is CSc1ccc(C(=O)N(CCN(C)C)c2nc3c(C)c(C)ccc3s2)cc1. The highest BCUT2D eigenvalue weighted by molar-refractivity contribution is 7.98. The van der Waals surface area contributed by atoms with Gasteiger partial charge in [0.15, 0.2) is 5.13 Å². The molecule has 27 heavy (non-hydrogen) atoms. The molecule has 2 aromatic carbocycles. The highest BCUT2D eigenvalue weighted by Gasteiger charge is 2.22. The largest absolute Gasteiger partial charge is 0.308 e. The third kappa shape index (κ3) is 4.34. The van der Waals surface area contributed by atoms with Crippen molar-refractivity contribution in [3.63, 3.8) is 0 Å². The molecule has 6 heteroatoms. The van der Waals surface area contributed by atoms with Gasteiger partial charge in [-0.05, 0) is 75.7 Å². The van der Waals surface area contributed by atoms with Gasteiger partial charge in [-0.15, -0.1) is 11.8 Å². The number of rotatable bonds is 6. The fourth-order valence-corrected chi connectivity index (χ4v) is 4.26. The Kier molecular flexibility index (Phi) is 6.19. The summed E-state index contributed by atoms with van der Waals surface area (Å²) >= 11 is 3.25. The van der Waals surface area contributed by atoms with Crippen LogP contribution in [0.4, 0.5) is 5.13 Å². The zero-order chi connectivity index (χ0) is 19.6. The Morgan fingerprint density at radius 2 is 1.78 bits per heavy atom. The van der Waals surface area contributed by atoms with Crippen LogP contribution in [-0.2, 0) is 0 Å². The molecule has 0 aliphatic carbocycles. The van der Waals surface area contributed by atoms with Crippen molar-refractivity contribution in [2.45, 2.75) is 18.7 Å². The van der Waals surface area contributed by atoms with Crippen LogP contribution in [0.15, 0.2) is 41.3 Å². The number of anilines is 1. The number of aryl methyl sites for hydroxylation is 2. The van der Waals surface area contributed by atoms with Gasteiger partial charge in [0.1, 0.15) is 0 Å². The van der Waals surface area contributed by atoms with Gasteiger partial charge in [-0.1, -0.05) is 17.4 Å². The number of hydrogen-bond acceptors (Lipinski definition) is 5. The molecule has 0 saturated carbocycles. The number of fused-ring (bicyclic) bond motifs is 1. The lowest BCUT2D eigenvalue weighted by molar-refractivity contribution is 0.0985. The number of carbonyl (C=O) groups excluding carboxylic acids is 1. The second-order valence-electron chi connectivity index (χ2n) is 6.84. The number of nitrogens with zero attached hydrogens (tertiary/aromatic N) is 3. The first-order valence-corrected chi connectivity index (χ1v) is 10.9. The van der Waals surface area contributed by atoms with Crippen molar-refractivity contribution in [1.29, 1.82) is 0 Å². The summed E-state index contributed by atoms with van der Waals surface area (Å²) in [4.78, 5) is 23.1. The number of aromatic nitrogens is 1. The van der Waals surface area contributed by atoms with E-state index in [1.54, 1.807) is 23.1 Å². The summed E-state index contributed by atoms with van der Waals surface area (Å²) in [5, 5.41) is 0.763. The molecule has 1 aromatic heterocycles. The van der Waals surface area contributed by atoms with Crippen molar-refractivity contribution >= 4 is 44.4 Å². The third-order valence-corrected chi connectivity index (χ3v) is 6.44. The van der Waals surface area contributed by atoms with Crippen LogP contribution in [0.1, 0.15) is 21.5 Å². The zero-order valence-electron chi connectivity index (χ0n) is 16.4. The van der Waals surface area contributed by atoms with Crippen LogP contribution in [0.2, 0.25) is 0 Å². The van der Waals surface area contributed by atoms with Gasteiger partial charge in [-0.25, -0.2) is 4.98 Å². The van der Waals surface area contributed by atoms with Crippen molar-refractivity contribution in [1.82, 2.24) is 9.88 Å². The molecule has 3 rings (SSSR count). The number of carbonyl (C=O) groups is 1. The van der Waals surface area contributed by atoms with Gasteiger partial charge < -0.3 is 4.90 Å². The Balaban J connectivity index is 1.99. The number of thioether (sulfide) groups is 1. The van der Waals surface area contributed by atoms with E-state index in [1.807, 2.05) is 49.5 Å². The summed E-state index contributed by atoms with van der Waals surface area (Å²) in [6.07, 6.45) is 2.03. The summed E-state index contributed by atoms with van der Waals surface area (Å²) < 4.78 is 1.12. The summed E-state index contributed by atoms with van der Waals surface area (Å²) in [6, 6.07) is 12.0. The van der Waals surface area contributed by atoms with E-state index < -0.39 is 0 Å². The van der Waals surface area contributed by atoms with Crippen LogP contribution in [0.25, 0.3) is 10.2 Å². The number of benzene rings is 2. The summed E-state index contributed by atoms with van der Waals surface area (Å²) in [6.45, 7) is 5.57. The van der Waals surface area contributed by atoms with E-state index in [2.05, 4.69) is 30.9 Å². The first-order chi connectivity index (χ1) is 12.9. The average Bonchev–Trinajstić information content (AvgIpc) is 3.09. The Hall–Kier alpha value is -1.89. The first-order valence-electron chi connectivity index (χ1n) is 8.88.